The van der Waals surface area contributed by atoms with Crippen molar-refractivity contribution in [2.75, 3.05) is 6.61 Å². The highest BCUT2D eigenvalue weighted by molar-refractivity contribution is 5.33. The molecule has 1 aromatic rings. The van der Waals surface area contributed by atoms with Crippen LogP contribution in [0.5, 0.6) is 0 Å². The van der Waals surface area contributed by atoms with Gasteiger partial charge in [0.25, 0.3) is 0 Å². The molecule has 0 radical (unpaired) electrons. The standard InChI is InChI=1S/C14H15F5O/c1-7-9(4-5-11(15)12(7)16)10-6-20-13(3,8(10)2)14(17,18)19/h4-5,8,10H,6H2,1-3H3/t8?,10?,13-/m0/s1. The van der Waals surface area contributed by atoms with Gasteiger partial charge in [-0.15, -0.1) is 0 Å². The molecule has 2 unspecified atom stereocenters. The van der Waals surface area contributed by atoms with E-state index in [4.69, 9.17) is 4.74 Å². The average Bonchev–Trinajstić information content (AvgIpc) is 2.65. The minimum atomic E-state index is -4.51. The van der Waals surface area contributed by atoms with Gasteiger partial charge in [0.05, 0.1) is 6.61 Å². The summed E-state index contributed by atoms with van der Waals surface area (Å²) in [7, 11) is 0. The summed E-state index contributed by atoms with van der Waals surface area (Å²) in [6.45, 7) is 3.62. The number of rotatable bonds is 1. The van der Waals surface area contributed by atoms with E-state index in [0.29, 0.717) is 5.56 Å². The van der Waals surface area contributed by atoms with Crippen molar-refractivity contribution in [1.82, 2.24) is 0 Å². The molecule has 0 N–H and O–H groups in total. The first-order chi connectivity index (χ1) is 9.09. The zero-order chi connectivity index (χ0) is 15.3. The Balaban J connectivity index is 2.40. The van der Waals surface area contributed by atoms with Crippen LogP contribution in [0, 0.1) is 24.5 Å². The Morgan fingerprint density at radius 2 is 1.85 bits per heavy atom. The number of hydrogen-bond acceptors (Lipinski definition) is 1. The lowest BCUT2D eigenvalue weighted by molar-refractivity contribution is -0.266. The minimum Gasteiger partial charge on any atom is -0.365 e. The van der Waals surface area contributed by atoms with Gasteiger partial charge in [0.2, 0.25) is 0 Å². The molecule has 0 amide bonds. The highest BCUT2D eigenvalue weighted by Gasteiger charge is 2.61. The van der Waals surface area contributed by atoms with Crippen molar-refractivity contribution in [3.63, 3.8) is 0 Å². The number of halogens is 5. The molecular weight excluding hydrogens is 279 g/mol. The molecule has 0 bridgehead atoms. The molecular formula is C14H15F5O. The normalized spacial score (nSPS) is 30.8. The zero-order valence-corrected chi connectivity index (χ0v) is 11.3. The topological polar surface area (TPSA) is 9.23 Å². The van der Waals surface area contributed by atoms with Gasteiger partial charge in [0.1, 0.15) is 0 Å². The van der Waals surface area contributed by atoms with Crippen LogP contribution in [-0.4, -0.2) is 18.4 Å². The number of benzene rings is 1. The van der Waals surface area contributed by atoms with Gasteiger partial charge in [-0.3, -0.25) is 0 Å². The summed E-state index contributed by atoms with van der Waals surface area (Å²) in [5.41, 5.74) is -1.86. The van der Waals surface area contributed by atoms with E-state index in [1.807, 2.05) is 0 Å². The fraction of sp³-hybridized carbons (Fsp3) is 0.571. The summed E-state index contributed by atoms with van der Waals surface area (Å²) in [6, 6.07) is 2.27. The number of ether oxygens (including phenoxy) is 1. The Labute approximate surface area is 113 Å². The molecule has 1 heterocycles. The van der Waals surface area contributed by atoms with Gasteiger partial charge in [0.15, 0.2) is 17.2 Å². The predicted molar refractivity (Wildman–Crippen MR) is 63.4 cm³/mol. The third kappa shape index (κ3) is 2.10. The third-order valence-corrected chi connectivity index (χ3v) is 4.38. The summed E-state index contributed by atoms with van der Waals surface area (Å²) in [5, 5.41) is 0. The SMILES string of the molecule is Cc1c(C2CO[C@](C)(C(F)(F)F)C2C)ccc(F)c1F. The molecule has 6 heteroatoms. The van der Waals surface area contributed by atoms with E-state index in [1.54, 1.807) is 0 Å². The van der Waals surface area contributed by atoms with E-state index in [-0.39, 0.29) is 12.2 Å². The Kier molecular flexibility index (Phi) is 3.57. The summed E-state index contributed by atoms with van der Waals surface area (Å²) >= 11 is 0. The first-order valence-electron chi connectivity index (χ1n) is 6.24. The van der Waals surface area contributed by atoms with E-state index in [1.165, 1.54) is 19.9 Å². The van der Waals surface area contributed by atoms with Gasteiger partial charge >= 0.3 is 6.18 Å². The molecule has 1 saturated heterocycles. The molecule has 1 aromatic carbocycles. The van der Waals surface area contributed by atoms with Gasteiger partial charge in [0, 0.05) is 11.8 Å². The highest BCUT2D eigenvalue weighted by Crippen LogP contribution is 2.50. The van der Waals surface area contributed by atoms with Crippen molar-refractivity contribution in [3.05, 3.63) is 34.9 Å². The summed E-state index contributed by atoms with van der Waals surface area (Å²) in [4.78, 5) is 0. The second kappa shape index (κ2) is 4.69. The third-order valence-electron chi connectivity index (χ3n) is 4.38. The lowest BCUT2D eigenvalue weighted by atomic mass is 9.78. The summed E-state index contributed by atoms with van der Waals surface area (Å²) in [5.74, 6) is -3.52. The van der Waals surface area contributed by atoms with Crippen LogP contribution in [0.15, 0.2) is 12.1 Å². The highest BCUT2D eigenvalue weighted by atomic mass is 19.4. The van der Waals surface area contributed by atoms with E-state index in [9.17, 15) is 22.0 Å². The molecule has 0 saturated carbocycles. The van der Waals surface area contributed by atoms with Crippen LogP contribution in [0.4, 0.5) is 22.0 Å². The maximum atomic E-state index is 13.6. The Morgan fingerprint density at radius 3 is 2.35 bits per heavy atom. The van der Waals surface area contributed by atoms with E-state index >= 15 is 0 Å². The molecule has 1 aliphatic heterocycles. The van der Waals surface area contributed by atoms with Gasteiger partial charge in [-0.25, -0.2) is 8.78 Å². The molecule has 3 atom stereocenters. The first-order valence-corrected chi connectivity index (χ1v) is 6.24. The summed E-state index contributed by atoms with van der Waals surface area (Å²) < 4.78 is 70.8. The number of hydrogen-bond donors (Lipinski definition) is 0. The second-order valence-corrected chi connectivity index (χ2v) is 5.39. The van der Waals surface area contributed by atoms with Gasteiger partial charge in [-0.05, 0) is 31.0 Å². The van der Waals surface area contributed by atoms with Crippen LogP contribution >= 0.6 is 0 Å². The van der Waals surface area contributed by atoms with Crippen LogP contribution in [0.1, 0.15) is 30.9 Å². The van der Waals surface area contributed by atoms with Crippen molar-refractivity contribution in [1.29, 1.82) is 0 Å². The maximum absolute atomic E-state index is 13.6. The van der Waals surface area contributed by atoms with Crippen molar-refractivity contribution < 1.29 is 26.7 Å². The van der Waals surface area contributed by atoms with Crippen LogP contribution in [0.3, 0.4) is 0 Å². The largest absolute Gasteiger partial charge is 0.417 e. The quantitative estimate of drug-likeness (QED) is 0.700. The molecule has 1 fully saturated rings. The molecule has 0 spiro atoms. The Hall–Kier alpha value is -1.17. The fourth-order valence-corrected chi connectivity index (χ4v) is 2.69. The predicted octanol–water partition coefficient (Wildman–Crippen LogP) is 4.34. The lowest BCUT2D eigenvalue weighted by Gasteiger charge is -2.32. The average molecular weight is 294 g/mol. The molecule has 1 aliphatic rings. The van der Waals surface area contributed by atoms with E-state index in [2.05, 4.69) is 0 Å². The summed E-state index contributed by atoms with van der Waals surface area (Å²) in [6.07, 6.45) is -4.51. The van der Waals surface area contributed by atoms with Crippen LogP contribution in [0.2, 0.25) is 0 Å². The molecule has 20 heavy (non-hydrogen) atoms. The van der Waals surface area contributed by atoms with Crippen molar-refractivity contribution in [3.8, 4) is 0 Å². The monoisotopic (exact) mass is 294 g/mol. The van der Waals surface area contributed by atoms with Gasteiger partial charge in [-0.2, -0.15) is 13.2 Å². The van der Waals surface area contributed by atoms with Gasteiger partial charge in [-0.1, -0.05) is 13.0 Å². The number of alkyl halides is 3. The van der Waals surface area contributed by atoms with E-state index in [0.717, 1.165) is 13.0 Å². The molecule has 2 rings (SSSR count). The van der Waals surface area contributed by atoms with Crippen LogP contribution < -0.4 is 0 Å². The van der Waals surface area contributed by atoms with Gasteiger partial charge < -0.3 is 4.74 Å². The van der Waals surface area contributed by atoms with Crippen molar-refractivity contribution in [2.24, 2.45) is 5.92 Å². The molecule has 0 aliphatic carbocycles. The van der Waals surface area contributed by atoms with E-state index < -0.39 is 35.2 Å². The smallest absolute Gasteiger partial charge is 0.365 e. The lowest BCUT2D eigenvalue weighted by Crippen LogP contribution is -2.46. The van der Waals surface area contributed by atoms with Crippen molar-refractivity contribution in [2.45, 2.75) is 38.5 Å². The minimum absolute atomic E-state index is 0.0388. The second-order valence-electron chi connectivity index (χ2n) is 5.39. The Bertz CT molecular complexity index is 525. The first kappa shape index (κ1) is 15.2. The maximum Gasteiger partial charge on any atom is 0.417 e. The molecule has 112 valence electrons. The molecule has 0 aromatic heterocycles. The van der Waals surface area contributed by atoms with Crippen LogP contribution in [-0.2, 0) is 4.74 Å². The molecule has 1 nitrogen and oxygen atoms in total. The van der Waals surface area contributed by atoms with Crippen molar-refractivity contribution >= 4 is 0 Å². The fourth-order valence-electron chi connectivity index (χ4n) is 2.69. The van der Waals surface area contributed by atoms with Crippen LogP contribution in [0.25, 0.3) is 0 Å². The Morgan fingerprint density at radius 1 is 1.25 bits per heavy atom. The zero-order valence-electron chi connectivity index (χ0n) is 11.3.